The zero-order valence-electron chi connectivity index (χ0n) is 12.1. The molecule has 3 N–H and O–H groups in total. The molecular formula is C15H21N3OS. The Morgan fingerprint density at radius 2 is 2.10 bits per heavy atom. The minimum absolute atomic E-state index is 0.00250. The van der Waals surface area contributed by atoms with Gasteiger partial charge in [-0.15, -0.1) is 11.3 Å². The fraction of sp³-hybridized carbons (Fsp3) is 0.400. The summed E-state index contributed by atoms with van der Waals surface area (Å²) >= 11 is 1.72. The number of rotatable bonds is 6. The number of ether oxygens (including phenoxy) is 1. The van der Waals surface area contributed by atoms with Crippen LogP contribution < -0.4 is 16.0 Å². The lowest BCUT2D eigenvalue weighted by Gasteiger charge is -2.18. The summed E-state index contributed by atoms with van der Waals surface area (Å²) in [4.78, 5) is 5.84. The number of nitrogens with two attached hydrogens (primary N) is 1. The van der Waals surface area contributed by atoms with Crippen LogP contribution in [0, 0.1) is 13.8 Å². The van der Waals surface area contributed by atoms with E-state index in [-0.39, 0.29) is 6.04 Å². The Kier molecular flexibility index (Phi) is 5.11. The largest absolute Gasteiger partial charge is 0.494 e. The third-order valence-electron chi connectivity index (χ3n) is 3.25. The van der Waals surface area contributed by atoms with Crippen molar-refractivity contribution >= 4 is 11.3 Å². The van der Waals surface area contributed by atoms with Gasteiger partial charge >= 0.3 is 0 Å². The molecule has 0 saturated carbocycles. The summed E-state index contributed by atoms with van der Waals surface area (Å²) in [6, 6.07) is 7.99. The van der Waals surface area contributed by atoms with E-state index < -0.39 is 0 Å². The van der Waals surface area contributed by atoms with Crippen molar-refractivity contribution in [3.05, 3.63) is 45.4 Å². The number of hydrogen-bond donors (Lipinski definition) is 2. The standard InChI is InChI=1S/C15H21N3OS/c1-4-19-14-8-6-5-7-12(14)13(18-16)9-15-17-10(2)11(3)20-15/h5-8,13,18H,4,9,16H2,1-3H3. The van der Waals surface area contributed by atoms with E-state index in [0.29, 0.717) is 6.61 Å². The van der Waals surface area contributed by atoms with Gasteiger partial charge in [-0.25, -0.2) is 4.98 Å². The van der Waals surface area contributed by atoms with E-state index in [0.717, 1.165) is 28.4 Å². The van der Waals surface area contributed by atoms with Crippen LogP contribution in [0.4, 0.5) is 0 Å². The van der Waals surface area contributed by atoms with Gasteiger partial charge in [0.2, 0.25) is 0 Å². The first-order chi connectivity index (χ1) is 9.65. The molecule has 1 atom stereocenters. The molecule has 1 aromatic heterocycles. The normalized spacial score (nSPS) is 12.4. The van der Waals surface area contributed by atoms with Gasteiger partial charge < -0.3 is 4.74 Å². The smallest absolute Gasteiger partial charge is 0.124 e. The molecule has 1 unspecified atom stereocenters. The Balaban J connectivity index is 2.23. The van der Waals surface area contributed by atoms with E-state index in [1.165, 1.54) is 4.88 Å². The molecule has 2 rings (SSSR count). The molecule has 1 aromatic carbocycles. The van der Waals surface area contributed by atoms with Gasteiger partial charge in [-0.05, 0) is 26.8 Å². The van der Waals surface area contributed by atoms with E-state index in [4.69, 9.17) is 10.6 Å². The van der Waals surface area contributed by atoms with Crippen LogP contribution in [0.1, 0.15) is 34.1 Å². The minimum atomic E-state index is 0.00250. The van der Waals surface area contributed by atoms with Crippen LogP contribution in [0.25, 0.3) is 0 Å². The third kappa shape index (κ3) is 3.36. The lowest BCUT2D eigenvalue weighted by molar-refractivity contribution is 0.331. The van der Waals surface area contributed by atoms with Crippen LogP contribution in [0.15, 0.2) is 24.3 Å². The maximum atomic E-state index is 5.73. The number of hydrogen-bond acceptors (Lipinski definition) is 5. The fourth-order valence-electron chi connectivity index (χ4n) is 2.12. The molecule has 1 heterocycles. The average Bonchev–Trinajstić information content (AvgIpc) is 2.76. The van der Waals surface area contributed by atoms with Crippen molar-refractivity contribution in [2.75, 3.05) is 6.61 Å². The summed E-state index contributed by atoms with van der Waals surface area (Å²) in [6.07, 6.45) is 0.764. The van der Waals surface area contributed by atoms with Gasteiger partial charge in [0, 0.05) is 16.9 Å². The highest BCUT2D eigenvalue weighted by Crippen LogP contribution is 2.29. The number of thiazole rings is 1. The summed E-state index contributed by atoms with van der Waals surface area (Å²) in [6.45, 7) is 6.75. The molecule has 2 aromatic rings. The van der Waals surface area contributed by atoms with Crippen molar-refractivity contribution in [2.24, 2.45) is 5.84 Å². The van der Waals surface area contributed by atoms with Crippen molar-refractivity contribution in [2.45, 2.75) is 33.2 Å². The Morgan fingerprint density at radius 3 is 2.70 bits per heavy atom. The molecule has 5 heteroatoms. The molecule has 4 nitrogen and oxygen atoms in total. The van der Waals surface area contributed by atoms with Crippen molar-refractivity contribution in [3.8, 4) is 5.75 Å². The van der Waals surface area contributed by atoms with Gasteiger partial charge in [0.25, 0.3) is 0 Å². The van der Waals surface area contributed by atoms with Crippen LogP contribution in [-0.4, -0.2) is 11.6 Å². The maximum absolute atomic E-state index is 5.73. The minimum Gasteiger partial charge on any atom is -0.494 e. The third-order valence-corrected chi connectivity index (χ3v) is 4.34. The van der Waals surface area contributed by atoms with Gasteiger partial charge in [-0.2, -0.15) is 0 Å². The van der Waals surface area contributed by atoms with Gasteiger partial charge in [0.15, 0.2) is 0 Å². The van der Waals surface area contributed by atoms with E-state index >= 15 is 0 Å². The molecular weight excluding hydrogens is 270 g/mol. The fourth-order valence-corrected chi connectivity index (χ4v) is 3.09. The van der Waals surface area contributed by atoms with Gasteiger partial charge in [0.1, 0.15) is 5.75 Å². The molecule has 108 valence electrons. The molecule has 0 fully saturated rings. The second kappa shape index (κ2) is 6.83. The second-order valence-corrected chi connectivity index (χ2v) is 5.93. The predicted octanol–water partition coefficient (Wildman–Crippen LogP) is 2.91. The zero-order chi connectivity index (χ0) is 14.5. The quantitative estimate of drug-likeness (QED) is 0.634. The van der Waals surface area contributed by atoms with Crippen molar-refractivity contribution < 1.29 is 4.74 Å². The van der Waals surface area contributed by atoms with E-state index in [9.17, 15) is 0 Å². The number of benzene rings is 1. The molecule has 0 aliphatic heterocycles. The van der Waals surface area contributed by atoms with E-state index in [1.54, 1.807) is 11.3 Å². The van der Waals surface area contributed by atoms with E-state index in [2.05, 4.69) is 17.3 Å². The molecule has 0 saturated heterocycles. The molecule has 0 aliphatic rings. The zero-order valence-corrected chi connectivity index (χ0v) is 13.0. The molecule has 0 spiro atoms. The van der Waals surface area contributed by atoms with Crippen LogP contribution in [0.2, 0.25) is 0 Å². The van der Waals surface area contributed by atoms with Crippen molar-refractivity contribution in [3.63, 3.8) is 0 Å². The van der Waals surface area contributed by atoms with Crippen molar-refractivity contribution in [1.82, 2.24) is 10.4 Å². The number of para-hydroxylation sites is 1. The van der Waals surface area contributed by atoms with Gasteiger partial charge in [-0.3, -0.25) is 11.3 Å². The number of aromatic nitrogens is 1. The summed E-state index contributed by atoms with van der Waals surface area (Å²) in [5.41, 5.74) is 5.05. The second-order valence-electron chi connectivity index (χ2n) is 4.64. The summed E-state index contributed by atoms with van der Waals surface area (Å²) in [5.74, 6) is 6.61. The van der Waals surface area contributed by atoms with Gasteiger partial charge in [0.05, 0.1) is 23.4 Å². The first-order valence-electron chi connectivity index (χ1n) is 6.76. The topological polar surface area (TPSA) is 60.2 Å². The molecule has 0 bridgehead atoms. The first kappa shape index (κ1) is 15.0. The van der Waals surface area contributed by atoms with Crippen LogP contribution >= 0.6 is 11.3 Å². The highest BCUT2D eigenvalue weighted by atomic mass is 32.1. The Labute approximate surface area is 124 Å². The molecule has 20 heavy (non-hydrogen) atoms. The highest BCUT2D eigenvalue weighted by molar-refractivity contribution is 7.11. The highest BCUT2D eigenvalue weighted by Gasteiger charge is 2.17. The van der Waals surface area contributed by atoms with Crippen LogP contribution in [0.5, 0.6) is 5.75 Å². The Hall–Kier alpha value is -1.43. The summed E-state index contributed by atoms with van der Waals surface area (Å²) in [5, 5.41) is 1.09. The van der Waals surface area contributed by atoms with Crippen LogP contribution in [-0.2, 0) is 6.42 Å². The summed E-state index contributed by atoms with van der Waals surface area (Å²) < 4.78 is 5.67. The first-order valence-corrected chi connectivity index (χ1v) is 7.58. The molecule has 0 radical (unpaired) electrons. The number of nitrogens with zero attached hydrogens (tertiary/aromatic N) is 1. The van der Waals surface area contributed by atoms with Gasteiger partial charge in [-0.1, -0.05) is 18.2 Å². The molecule has 0 aliphatic carbocycles. The monoisotopic (exact) mass is 291 g/mol. The summed E-state index contributed by atoms with van der Waals surface area (Å²) in [7, 11) is 0. The van der Waals surface area contributed by atoms with Crippen molar-refractivity contribution in [1.29, 1.82) is 0 Å². The molecule has 0 amide bonds. The maximum Gasteiger partial charge on any atom is 0.124 e. The lowest BCUT2D eigenvalue weighted by Crippen LogP contribution is -2.30. The average molecular weight is 291 g/mol. The SMILES string of the molecule is CCOc1ccccc1C(Cc1nc(C)c(C)s1)NN. The Bertz CT molecular complexity index is 548. The number of hydrazine groups is 1. The number of nitrogens with one attached hydrogen (secondary N) is 1. The van der Waals surface area contributed by atoms with Crippen LogP contribution in [0.3, 0.4) is 0 Å². The predicted molar refractivity (Wildman–Crippen MR) is 83.0 cm³/mol. The van der Waals surface area contributed by atoms with E-state index in [1.807, 2.05) is 38.1 Å². The number of aryl methyl sites for hydroxylation is 2. The Morgan fingerprint density at radius 1 is 1.35 bits per heavy atom. The lowest BCUT2D eigenvalue weighted by atomic mass is 10.0.